The Morgan fingerprint density at radius 1 is 1.30 bits per heavy atom. The zero-order valence-electron chi connectivity index (χ0n) is 14.1. The van der Waals surface area contributed by atoms with Crippen LogP contribution in [0.25, 0.3) is 0 Å². The van der Waals surface area contributed by atoms with E-state index in [1.54, 1.807) is 7.11 Å². The third kappa shape index (κ3) is 4.83. The van der Waals surface area contributed by atoms with Crippen LogP contribution in [0.5, 0.6) is 5.75 Å². The lowest BCUT2D eigenvalue weighted by Crippen LogP contribution is -2.58. The van der Waals surface area contributed by atoms with E-state index < -0.39 is 5.54 Å². The molecule has 0 saturated carbocycles. The van der Waals surface area contributed by atoms with Crippen LogP contribution in [0.15, 0.2) is 24.3 Å². The Hall–Kier alpha value is -1.30. The quantitative estimate of drug-likeness (QED) is 0.858. The average Bonchev–Trinajstić information content (AvgIpc) is 2.53. The number of amides is 1. The van der Waals surface area contributed by atoms with Gasteiger partial charge in [0, 0.05) is 25.2 Å². The third-order valence-corrected chi connectivity index (χ3v) is 4.40. The smallest absolute Gasteiger partial charge is 0.240 e. The first-order chi connectivity index (χ1) is 10.4. The Kier molecular flexibility index (Phi) is 6.86. The van der Waals surface area contributed by atoms with Crippen molar-refractivity contribution in [2.45, 2.75) is 37.6 Å². The van der Waals surface area contributed by atoms with Gasteiger partial charge in [-0.2, -0.15) is 0 Å². The molecule has 0 unspecified atom stereocenters. The number of nitrogens with one attached hydrogen (secondary N) is 1. The van der Waals surface area contributed by atoms with E-state index in [9.17, 15) is 4.79 Å². The van der Waals surface area contributed by atoms with Gasteiger partial charge in [0.25, 0.3) is 0 Å². The lowest BCUT2D eigenvalue weighted by atomic mass is 9.83. The summed E-state index contributed by atoms with van der Waals surface area (Å²) in [6.07, 6.45) is 1.14. The van der Waals surface area contributed by atoms with Crippen LogP contribution in [0.2, 0.25) is 0 Å². The Morgan fingerprint density at radius 3 is 2.39 bits per heavy atom. The maximum atomic E-state index is 12.4. The van der Waals surface area contributed by atoms with Gasteiger partial charge < -0.3 is 20.5 Å². The molecule has 0 aromatic heterocycles. The van der Waals surface area contributed by atoms with Crippen molar-refractivity contribution in [1.82, 2.24) is 5.32 Å². The largest absolute Gasteiger partial charge is 0.497 e. The van der Waals surface area contributed by atoms with Gasteiger partial charge in [-0.05, 0) is 30.5 Å². The minimum atomic E-state index is -0.797. The molecule has 1 amide bonds. The minimum Gasteiger partial charge on any atom is -0.497 e. The molecule has 0 atom stereocenters. The second-order valence-corrected chi connectivity index (χ2v) is 6.56. The molecule has 130 valence electrons. The summed E-state index contributed by atoms with van der Waals surface area (Å²) >= 11 is 0. The van der Waals surface area contributed by atoms with Crippen LogP contribution in [0.3, 0.4) is 0 Å². The average molecular weight is 343 g/mol. The highest BCUT2D eigenvalue weighted by Gasteiger charge is 2.36. The highest BCUT2D eigenvalue weighted by Crippen LogP contribution is 2.25. The molecule has 1 saturated heterocycles. The number of rotatable bonds is 5. The molecule has 1 aromatic carbocycles. The molecule has 1 aliphatic heterocycles. The first kappa shape index (κ1) is 19.7. The molecule has 0 radical (unpaired) electrons. The Morgan fingerprint density at radius 2 is 1.87 bits per heavy atom. The summed E-state index contributed by atoms with van der Waals surface area (Å²) in [5, 5.41) is 3.01. The maximum absolute atomic E-state index is 12.4. The van der Waals surface area contributed by atoms with Gasteiger partial charge >= 0.3 is 0 Å². The third-order valence-electron chi connectivity index (χ3n) is 4.40. The zero-order chi connectivity index (χ0) is 16.2. The van der Waals surface area contributed by atoms with Crippen molar-refractivity contribution in [3.63, 3.8) is 0 Å². The molecule has 6 heteroatoms. The van der Waals surface area contributed by atoms with Gasteiger partial charge in [0.2, 0.25) is 5.91 Å². The predicted octanol–water partition coefficient (Wildman–Crippen LogP) is 2.02. The van der Waals surface area contributed by atoms with Gasteiger partial charge in [-0.1, -0.05) is 26.0 Å². The molecular formula is C17H27ClN2O3. The van der Waals surface area contributed by atoms with E-state index in [2.05, 4.69) is 19.2 Å². The van der Waals surface area contributed by atoms with Crippen molar-refractivity contribution in [3.8, 4) is 5.75 Å². The Labute approximate surface area is 144 Å². The highest BCUT2D eigenvalue weighted by atomic mass is 35.5. The first-order valence-electron chi connectivity index (χ1n) is 7.67. The number of hydrogen-bond donors (Lipinski definition) is 2. The van der Waals surface area contributed by atoms with E-state index in [0.717, 1.165) is 11.3 Å². The second kappa shape index (κ2) is 7.99. The number of carbonyl (C=O) groups is 1. The van der Waals surface area contributed by atoms with Gasteiger partial charge in [-0.3, -0.25) is 4.79 Å². The molecule has 1 aromatic rings. The van der Waals surface area contributed by atoms with E-state index in [-0.39, 0.29) is 23.7 Å². The summed E-state index contributed by atoms with van der Waals surface area (Å²) in [7, 11) is 1.65. The molecule has 3 N–H and O–H groups in total. The van der Waals surface area contributed by atoms with Gasteiger partial charge in [0.1, 0.15) is 5.75 Å². The van der Waals surface area contributed by atoms with Crippen molar-refractivity contribution in [3.05, 3.63) is 29.8 Å². The number of methoxy groups -OCH3 is 1. The SMILES string of the molecule is COc1ccc(C(C)(C)CNC(=O)C2(N)CCOCC2)cc1.Cl. The number of halogens is 1. The van der Waals surface area contributed by atoms with Gasteiger partial charge in [-0.25, -0.2) is 0 Å². The summed E-state index contributed by atoms with van der Waals surface area (Å²) in [5.41, 5.74) is 6.37. The van der Waals surface area contributed by atoms with Crippen LogP contribution in [-0.2, 0) is 14.9 Å². The fraction of sp³-hybridized carbons (Fsp3) is 0.588. The lowest BCUT2D eigenvalue weighted by Gasteiger charge is -2.34. The van der Waals surface area contributed by atoms with Crippen LogP contribution in [-0.4, -0.2) is 38.3 Å². The van der Waals surface area contributed by atoms with Crippen LogP contribution in [0.1, 0.15) is 32.3 Å². The minimum absolute atomic E-state index is 0. The summed E-state index contributed by atoms with van der Waals surface area (Å²) in [4.78, 5) is 12.4. The van der Waals surface area contributed by atoms with E-state index >= 15 is 0 Å². The number of carbonyl (C=O) groups excluding carboxylic acids is 1. The zero-order valence-corrected chi connectivity index (χ0v) is 14.9. The maximum Gasteiger partial charge on any atom is 0.240 e. The molecule has 5 nitrogen and oxygen atoms in total. The Bertz CT molecular complexity index is 511. The molecule has 1 heterocycles. The van der Waals surface area contributed by atoms with Gasteiger partial charge in [0.15, 0.2) is 0 Å². The molecule has 0 aliphatic carbocycles. The molecular weight excluding hydrogens is 316 g/mol. The van der Waals surface area contributed by atoms with E-state index in [4.69, 9.17) is 15.2 Å². The fourth-order valence-corrected chi connectivity index (χ4v) is 2.58. The predicted molar refractivity (Wildman–Crippen MR) is 93.2 cm³/mol. The summed E-state index contributed by atoms with van der Waals surface area (Å²) in [6.45, 7) is 5.83. The van der Waals surface area contributed by atoms with Gasteiger partial charge in [-0.15, -0.1) is 12.4 Å². The number of benzene rings is 1. The van der Waals surface area contributed by atoms with Crippen LogP contribution >= 0.6 is 12.4 Å². The first-order valence-corrected chi connectivity index (χ1v) is 7.67. The van der Waals surface area contributed by atoms with Crippen molar-refractivity contribution in [1.29, 1.82) is 0 Å². The Balaban J connectivity index is 0.00000264. The summed E-state index contributed by atoms with van der Waals surface area (Å²) in [5.74, 6) is 0.740. The molecule has 1 aliphatic rings. The fourth-order valence-electron chi connectivity index (χ4n) is 2.58. The standard InChI is InChI=1S/C17H26N2O3.ClH/c1-16(2,13-4-6-14(21-3)7-5-13)12-19-15(20)17(18)8-10-22-11-9-17;/h4-7H,8-12,18H2,1-3H3,(H,19,20);1H. The van der Waals surface area contributed by atoms with Crippen molar-refractivity contribution in [2.75, 3.05) is 26.9 Å². The number of nitrogens with two attached hydrogens (primary N) is 1. The molecule has 0 spiro atoms. The van der Waals surface area contributed by atoms with E-state index in [0.29, 0.717) is 32.6 Å². The van der Waals surface area contributed by atoms with Gasteiger partial charge in [0.05, 0.1) is 12.6 Å². The van der Waals surface area contributed by atoms with Crippen LogP contribution < -0.4 is 15.8 Å². The second-order valence-electron chi connectivity index (χ2n) is 6.56. The van der Waals surface area contributed by atoms with Crippen molar-refractivity contribution < 1.29 is 14.3 Å². The molecule has 23 heavy (non-hydrogen) atoms. The normalized spacial score (nSPS) is 17.0. The molecule has 0 bridgehead atoms. The molecule has 1 fully saturated rings. The number of hydrogen-bond acceptors (Lipinski definition) is 4. The van der Waals surface area contributed by atoms with Crippen molar-refractivity contribution in [2.24, 2.45) is 5.73 Å². The highest BCUT2D eigenvalue weighted by molar-refractivity contribution is 5.86. The summed E-state index contributed by atoms with van der Waals surface area (Å²) < 4.78 is 10.5. The molecule has 2 rings (SSSR count). The van der Waals surface area contributed by atoms with Crippen molar-refractivity contribution >= 4 is 18.3 Å². The lowest BCUT2D eigenvalue weighted by molar-refractivity contribution is -0.130. The monoisotopic (exact) mass is 342 g/mol. The van der Waals surface area contributed by atoms with Crippen LogP contribution in [0, 0.1) is 0 Å². The topological polar surface area (TPSA) is 73.6 Å². The number of ether oxygens (including phenoxy) is 2. The van der Waals surface area contributed by atoms with E-state index in [1.807, 2.05) is 24.3 Å². The van der Waals surface area contributed by atoms with E-state index in [1.165, 1.54) is 0 Å². The van der Waals surface area contributed by atoms with Crippen LogP contribution in [0.4, 0.5) is 0 Å². The summed E-state index contributed by atoms with van der Waals surface area (Å²) in [6, 6.07) is 7.92.